The molecule has 9 heteroatoms. The maximum absolute atomic E-state index is 12.0. The van der Waals surface area contributed by atoms with Crippen molar-refractivity contribution in [2.24, 2.45) is 0 Å². The molecule has 0 bridgehead atoms. The lowest BCUT2D eigenvalue weighted by Gasteiger charge is -2.19. The Morgan fingerprint density at radius 3 is 2.71 bits per heavy atom. The standard InChI is InChI=1S/C15H19F3N2O4/c1-10(8-22-9-15(16,17)18)20-14(21)19-7-11-2-3-12-13(6-11)24-5-4-23-12/h2-3,6,10H,4-5,7-9H2,1H3,(H2,19,20,21). The van der Waals surface area contributed by atoms with E-state index in [1.54, 1.807) is 25.1 Å². The maximum Gasteiger partial charge on any atom is 0.411 e. The number of fused-ring (bicyclic) bond motifs is 1. The molecule has 24 heavy (non-hydrogen) atoms. The number of nitrogens with one attached hydrogen (secondary N) is 2. The first-order valence-electron chi connectivity index (χ1n) is 7.41. The number of carbonyl (C=O) groups excluding carboxylic acids is 1. The molecule has 1 atom stereocenters. The fourth-order valence-corrected chi connectivity index (χ4v) is 2.05. The van der Waals surface area contributed by atoms with Gasteiger partial charge < -0.3 is 24.8 Å². The second kappa shape index (κ2) is 8.09. The highest BCUT2D eigenvalue weighted by Gasteiger charge is 2.27. The zero-order valence-electron chi connectivity index (χ0n) is 13.1. The van der Waals surface area contributed by atoms with Gasteiger partial charge in [0.25, 0.3) is 0 Å². The zero-order chi connectivity index (χ0) is 17.6. The number of benzene rings is 1. The zero-order valence-corrected chi connectivity index (χ0v) is 13.1. The molecule has 6 nitrogen and oxygen atoms in total. The van der Waals surface area contributed by atoms with Crippen LogP contribution in [0.15, 0.2) is 18.2 Å². The minimum Gasteiger partial charge on any atom is -0.486 e. The van der Waals surface area contributed by atoms with Crippen molar-refractivity contribution in [3.63, 3.8) is 0 Å². The summed E-state index contributed by atoms with van der Waals surface area (Å²) < 4.78 is 51.2. The Hall–Kier alpha value is -2.16. The Morgan fingerprint density at radius 1 is 1.29 bits per heavy atom. The van der Waals surface area contributed by atoms with Gasteiger partial charge in [0.05, 0.1) is 12.6 Å². The van der Waals surface area contributed by atoms with Crippen molar-refractivity contribution in [3.8, 4) is 11.5 Å². The van der Waals surface area contributed by atoms with Crippen molar-refractivity contribution in [1.29, 1.82) is 0 Å². The summed E-state index contributed by atoms with van der Waals surface area (Å²) in [6.07, 6.45) is -4.37. The lowest BCUT2D eigenvalue weighted by molar-refractivity contribution is -0.174. The van der Waals surface area contributed by atoms with Gasteiger partial charge in [0, 0.05) is 6.54 Å². The van der Waals surface area contributed by atoms with Crippen LogP contribution in [0.1, 0.15) is 12.5 Å². The van der Waals surface area contributed by atoms with Crippen molar-refractivity contribution < 1.29 is 32.2 Å². The van der Waals surface area contributed by atoms with Crippen LogP contribution in [-0.4, -0.2) is 44.7 Å². The summed E-state index contributed by atoms with van der Waals surface area (Å²) in [5.74, 6) is 1.28. The van der Waals surface area contributed by atoms with E-state index in [9.17, 15) is 18.0 Å². The van der Waals surface area contributed by atoms with E-state index in [-0.39, 0.29) is 13.2 Å². The molecule has 0 aromatic heterocycles. The van der Waals surface area contributed by atoms with Gasteiger partial charge in [-0.15, -0.1) is 0 Å². The lowest BCUT2D eigenvalue weighted by Crippen LogP contribution is -2.42. The highest BCUT2D eigenvalue weighted by molar-refractivity contribution is 5.74. The van der Waals surface area contributed by atoms with E-state index < -0.39 is 24.9 Å². The molecule has 0 saturated carbocycles. The maximum atomic E-state index is 12.0. The highest BCUT2D eigenvalue weighted by Crippen LogP contribution is 2.30. The molecular formula is C15H19F3N2O4. The minimum atomic E-state index is -4.37. The molecule has 1 aliphatic rings. The SMILES string of the molecule is CC(COCC(F)(F)F)NC(=O)NCc1ccc2c(c1)OCCO2. The molecule has 2 N–H and O–H groups in total. The van der Waals surface area contributed by atoms with Crippen molar-refractivity contribution in [1.82, 2.24) is 10.6 Å². The van der Waals surface area contributed by atoms with Gasteiger partial charge >= 0.3 is 12.2 Å². The first-order chi connectivity index (χ1) is 11.3. The van der Waals surface area contributed by atoms with Crippen LogP contribution in [0.2, 0.25) is 0 Å². The van der Waals surface area contributed by atoms with E-state index in [4.69, 9.17) is 9.47 Å². The topological polar surface area (TPSA) is 68.8 Å². The molecule has 0 spiro atoms. The Morgan fingerprint density at radius 2 is 2.00 bits per heavy atom. The van der Waals surface area contributed by atoms with Gasteiger partial charge in [0.2, 0.25) is 0 Å². The Labute approximate surface area is 137 Å². The van der Waals surface area contributed by atoms with Gasteiger partial charge in [-0.25, -0.2) is 4.79 Å². The summed E-state index contributed by atoms with van der Waals surface area (Å²) in [5, 5.41) is 5.12. The van der Waals surface area contributed by atoms with Crippen molar-refractivity contribution >= 4 is 6.03 Å². The fraction of sp³-hybridized carbons (Fsp3) is 0.533. The summed E-state index contributed by atoms with van der Waals surface area (Å²) in [4.78, 5) is 11.7. The molecule has 1 unspecified atom stereocenters. The van der Waals surface area contributed by atoms with Gasteiger partial charge in [0.1, 0.15) is 19.8 Å². The summed E-state index contributed by atoms with van der Waals surface area (Å²) in [7, 11) is 0. The monoisotopic (exact) mass is 348 g/mol. The Bertz CT molecular complexity index is 566. The third-order valence-electron chi connectivity index (χ3n) is 3.07. The van der Waals surface area contributed by atoms with Crippen molar-refractivity contribution in [2.75, 3.05) is 26.4 Å². The molecule has 134 valence electrons. The fourth-order valence-electron chi connectivity index (χ4n) is 2.05. The molecule has 1 aromatic carbocycles. The van der Waals surface area contributed by atoms with Gasteiger partial charge in [-0.3, -0.25) is 0 Å². The smallest absolute Gasteiger partial charge is 0.411 e. The van der Waals surface area contributed by atoms with E-state index in [0.29, 0.717) is 24.7 Å². The number of ether oxygens (including phenoxy) is 3. The first kappa shape index (κ1) is 18.2. The molecule has 2 amide bonds. The van der Waals surface area contributed by atoms with Crippen LogP contribution < -0.4 is 20.1 Å². The number of halogens is 3. The largest absolute Gasteiger partial charge is 0.486 e. The summed E-state index contributed by atoms with van der Waals surface area (Å²) in [6, 6.07) is 4.28. The highest BCUT2D eigenvalue weighted by atomic mass is 19.4. The average molecular weight is 348 g/mol. The quantitative estimate of drug-likeness (QED) is 0.827. The van der Waals surface area contributed by atoms with Crippen LogP contribution in [0.5, 0.6) is 11.5 Å². The first-order valence-corrected chi connectivity index (χ1v) is 7.41. The number of rotatable bonds is 6. The lowest BCUT2D eigenvalue weighted by atomic mass is 10.2. The molecule has 0 fully saturated rings. The molecule has 1 heterocycles. The summed E-state index contributed by atoms with van der Waals surface area (Å²) in [6.45, 7) is 1.22. The molecule has 1 aliphatic heterocycles. The molecule has 2 rings (SSSR count). The van der Waals surface area contributed by atoms with Gasteiger partial charge in [-0.2, -0.15) is 13.2 Å². The van der Waals surface area contributed by atoms with E-state index in [2.05, 4.69) is 15.4 Å². The van der Waals surface area contributed by atoms with Crippen LogP contribution in [-0.2, 0) is 11.3 Å². The van der Waals surface area contributed by atoms with E-state index in [1.165, 1.54) is 0 Å². The summed E-state index contributed by atoms with van der Waals surface area (Å²) in [5.41, 5.74) is 0.815. The third kappa shape index (κ3) is 6.15. The van der Waals surface area contributed by atoms with E-state index in [1.807, 2.05) is 0 Å². The number of amides is 2. The normalized spacial score (nSPS) is 14.8. The minimum absolute atomic E-state index is 0.225. The van der Waals surface area contributed by atoms with Crippen molar-refractivity contribution in [3.05, 3.63) is 23.8 Å². The molecule has 0 radical (unpaired) electrons. The van der Waals surface area contributed by atoms with Crippen LogP contribution in [0.3, 0.4) is 0 Å². The molecule has 0 saturated heterocycles. The predicted octanol–water partition coefficient (Wildman–Crippen LogP) is 2.22. The number of alkyl halides is 3. The van der Waals surface area contributed by atoms with Crippen LogP contribution >= 0.6 is 0 Å². The van der Waals surface area contributed by atoms with Gasteiger partial charge in [-0.05, 0) is 24.6 Å². The van der Waals surface area contributed by atoms with Crippen LogP contribution in [0.4, 0.5) is 18.0 Å². The Balaban J connectivity index is 1.71. The number of hydrogen-bond donors (Lipinski definition) is 2. The second-order valence-electron chi connectivity index (χ2n) is 5.34. The van der Waals surface area contributed by atoms with Crippen molar-refractivity contribution in [2.45, 2.75) is 25.7 Å². The molecule has 1 aromatic rings. The van der Waals surface area contributed by atoms with E-state index >= 15 is 0 Å². The summed E-state index contributed by atoms with van der Waals surface area (Å²) >= 11 is 0. The Kier molecular flexibility index (Phi) is 6.13. The molecular weight excluding hydrogens is 329 g/mol. The van der Waals surface area contributed by atoms with E-state index in [0.717, 1.165) is 5.56 Å². The van der Waals surface area contributed by atoms with Gasteiger partial charge in [0.15, 0.2) is 11.5 Å². The average Bonchev–Trinajstić information content (AvgIpc) is 2.51. The number of hydrogen-bond acceptors (Lipinski definition) is 4. The van der Waals surface area contributed by atoms with Crippen LogP contribution in [0, 0.1) is 0 Å². The molecule has 0 aliphatic carbocycles. The van der Waals surface area contributed by atoms with Gasteiger partial charge in [-0.1, -0.05) is 6.07 Å². The third-order valence-corrected chi connectivity index (χ3v) is 3.07. The number of carbonyl (C=O) groups is 1. The number of urea groups is 1. The van der Waals surface area contributed by atoms with Crippen LogP contribution in [0.25, 0.3) is 0 Å². The predicted molar refractivity (Wildman–Crippen MR) is 79.1 cm³/mol. The second-order valence-corrected chi connectivity index (χ2v) is 5.34.